The van der Waals surface area contributed by atoms with Crippen molar-refractivity contribution in [3.63, 3.8) is 0 Å². The molecule has 0 aliphatic carbocycles. The molecule has 4 nitrogen and oxygen atoms in total. The highest BCUT2D eigenvalue weighted by Gasteiger charge is 2.29. The van der Waals surface area contributed by atoms with E-state index in [2.05, 4.69) is 31.9 Å². The molecule has 0 unspecified atom stereocenters. The Morgan fingerprint density at radius 2 is 1.69 bits per heavy atom. The summed E-state index contributed by atoms with van der Waals surface area (Å²) in [6.07, 6.45) is 0. The van der Waals surface area contributed by atoms with Gasteiger partial charge in [-0.2, -0.15) is 0 Å². The molecular weight excluding hydrogens is 482 g/mol. The van der Waals surface area contributed by atoms with E-state index in [1.165, 1.54) is 18.4 Å². The number of carbonyl (C=O) groups excluding carboxylic acids is 2. The van der Waals surface area contributed by atoms with Gasteiger partial charge in [0.2, 0.25) is 0 Å². The van der Waals surface area contributed by atoms with Gasteiger partial charge < -0.3 is 10.5 Å². The maximum atomic E-state index is 13.2. The van der Waals surface area contributed by atoms with Gasteiger partial charge in [-0.3, -0.25) is 4.79 Å². The number of anilines is 1. The van der Waals surface area contributed by atoms with E-state index >= 15 is 0 Å². The lowest BCUT2D eigenvalue weighted by molar-refractivity contribution is 0.0599. The van der Waals surface area contributed by atoms with E-state index in [4.69, 9.17) is 10.5 Å². The summed E-state index contributed by atoms with van der Waals surface area (Å²) in [6.45, 7) is 0. The molecule has 0 saturated heterocycles. The average molecular weight is 495 g/mol. The van der Waals surface area contributed by atoms with Gasteiger partial charge >= 0.3 is 5.97 Å². The number of ketones is 1. The lowest BCUT2D eigenvalue weighted by atomic mass is 9.97. The highest BCUT2D eigenvalue weighted by Crippen LogP contribution is 2.41. The smallest absolute Gasteiger partial charge is 0.341 e. The van der Waals surface area contributed by atoms with Crippen molar-refractivity contribution >= 4 is 60.0 Å². The second-order valence-corrected chi connectivity index (χ2v) is 8.27. The highest BCUT2D eigenvalue weighted by atomic mass is 79.9. The van der Waals surface area contributed by atoms with Crippen LogP contribution in [0.25, 0.3) is 10.4 Å². The first kappa shape index (κ1) is 18.8. The van der Waals surface area contributed by atoms with Gasteiger partial charge in [0.05, 0.1) is 12.7 Å². The van der Waals surface area contributed by atoms with Crippen molar-refractivity contribution < 1.29 is 14.3 Å². The molecule has 1 heterocycles. The summed E-state index contributed by atoms with van der Waals surface area (Å²) < 4.78 is 6.58. The Morgan fingerprint density at radius 1 is 1.00 bits per heavy atom. The summed E-state index contributed by atoms with van der Waals surface area (Å²) in [5, 5.41) is 0.257. The Kier molecular flexibility index (Phi) is 5.60. The number of methoxy groups -OCH3 is 1. The number of hydrogen-bond donors (Lipinski definition) is 1. The number of thiophene rings is 1. The predicted octanol–water partition coefficient (Wildman–Crippen LogP) is 5.54. The van der Waals surface area contributed by atoms with Crippen LogP contribution in [0.1, 0.15) is 26.3 Å². The van der Waals surface area contributed by atoms with Crippen molar-refractivity contribution in [2.75, 3.05) is 12.8 Å². The van der Waals surface area contributed by atoms with Gasteiger partial charge in [-0.05, 0) is 42.0 Å². The summed E-state index contributed by atoms with van der Waals surface area (Å²) in [5.74, 6) is -0.902. The van der Waals surface area contributed by atoms with E-state index in [9.17, 15) is 9.59 Å². The normalized spacial score (nSPS) is 10.6. The zero-order valence-corrected chi connectivity index (χ0v) is 17.6. The van der Waals surface area contributed by atoms with Crippen LogP contribution in [0.3, 0.4) is 0 Å². The molecule has 1 aromatic heterocycles. The molecule has 26 heavy (non-hydrogen) atoms. The van der Waals surface area contributed by atoms with Gasteiger partial charge in [-0.1, -0.05) is 44.0 Å². The Hall–Kier alpha value is -1.96. The Bertz CT molecular complexity index is 997. The molecule has 0 spiro atoms. The Morgan fingerprint density at radius 3 is 2.31 bits per heavy atom. The van der Waals surface area contributed by atoms with Crippen molar-refractivity contribution in [2.24, 2.45) is 0 Å². The zero-order valence-electron chi connectivity index (χ0n) is 13.6. The maximum absolute atomic E-state index is 13.2. The van der Waals surface area contributed by atoms with Crippen molar-refractivity contribution in [1.82, 2.24) is 0 Å². The van der Waals surface area contributed by atoms with Gasteiger partial charge in [-0.25, -0.2) is 4.79 Å². The summed E-state index contributed by atoms with van der Waals surface area (Å²) in [5.41, 5.74) is 7.72. The number of nitrogen functional groups attached to an aromatic ring is 1. The van der Waals surface area contributed by atoms with Crippen LogP contribution in [0, 0.1) is 0 Å². The first-order valence-electron chi connectivity index (χ1n) is 7.49. The van der Waals surface area contributed by atoms with Crippen molar-refractivity contribution in [1.29, 1.82) is 0 Å². The standard InChI is InChI=1S/C19H13Br2NO3S/c1-25-19(24)15-14(16(23)10-5-7-12(20)8-6-10)17(26-18(15)22)11-3-2-4-13(21)9-11/h2-9H,22H2,1H3. The molecule has 2 aromatic carbocycles. The number of hydrogen-bond acceptors (Lipinski definition) is 5. The quantitative estimate of drug-likeness (QED) is 0.382. The molecule has 132 valence electrons. The lowest BCUT2D eigenvalue weighted by Crippen LogP contribution is -2.11. The van der Waals surface area contributed by atoms with Gasteiger partial charge in [0.25, 0.3) is 0 Å². The van der Waals surface area contributed by atoms with Crippen LogP contribution in [0.5, 0.6) is 0 Å². The van der Waals surface area contributed by atoms with Crippen LogP contribution in [0.4, 0.5) is 5.00 Å². The summed E-state index contributed by atoms with van der Waals surface area (Å²) in [6, 6.07) is 14.5. The molecule has 7 heteroatoms. The van der Waals surface area contributed by atoms with E-state index in [1.54, 1.807) is 24.3 Å². The molecule has 0 radical (unpaired) electrons. The lowest BCUT2D eigenvalue weighted by Gasteiger charge is -2.07. The molecule has 0 aliphatic heterocycles. The van der Waals surface area contributed by atoms with Crippen LogP contribution in [-0.4, -0.2) is 18.9 Å². The molecular formula is C19H13Br2NO3S. The highest BCUT2D eigenvalue weighted by molar-refractivity contribution is 9.10. The largest absolute Gasteiger partial charge is 0.465 e. The fourth-order valence-corrected chi connectivity index (χ4v) is 4.26. The summed E-state index contributed by atoms with van der Waals surface area (Å²) in [7, 11) is 1.27. The van der Waals surface area contributed by atoms with Gasteiger partial charge in [0.15, 0.2) is 5.78 Å². The minimum atomic E-state index is -0.625. The number of ether oxygens (including phenoxy) is 1. The monoisotopic (exact) mass is 493 g/mol. The molecule has 0 atom stereocenters. The minimum Gasteiger partial charge on any atom is -0.465 e. The number of carbonyl (C=O) groups is 2. The van der Waals surface area contributed by atoms with Gasteiger partial charge in [0, 0.05) is 19.4 Å². The van der Waals surface area contributed by atoms with Crippen LogP contribution < -0.4 is 5.73 Å². The van der Waals surface area contributed by atoms with Crippen molar-refractivity contribution in [3.05, 3.63) is 74.2 Å². The number of esters is 1. The third kappa shape index (κ3) is 3.60. The van der Waals surface area contributed by atoms with E-state index in [0.29, 0.717) is 10.4 Å². The van der Waals surface area contributed by atoms with Crippen LogP contribution in [-0.2, 0) is 4.74 Å². The molecule has 2 N–H and O–H groups in total. The topological polar surface area (TPSA) is 69.4 Å². The zero-order chi connectivity index (χ0) is 18.8. The van der Waals surface area contributed by atoms with Crippen LogP contribution in [0.2, 0.25) is 0 Å². The Balaban J connectivity index is 2.25. The van der Waals surface area contributed by atoms with Gasteiger partial charge in [0.1, 0.15) is 10.6 Å². The fourth-order valence-electron chi connectivity index (χ4n) is 2.55. The van der Waals surface area contributed by atoms with Crippen molar-refractivity contribution in [3.8, 4) is 10.4 Å². The summed E-state index contributed by atoms with van der Waals surface area (Å²) >= 11 is 7.99. The summed E-state index contributed by atoms with van der Waals surface area (Å²) in [4.78, 5) is 26.1. The SMILES string of the molecule is COC(=O)c1c(N)sc(-c2cccc(Br)c2)c1C(=O)c1ccc(Br)cc1. The van der Waals surface area contributed by atoms with E-state index in [1.807, 2.05) is 24.3 Å². The number of rotatable bonds is 4. The van der Waals surface area contributed by atoms with Gasteiger partial charge in [-0.15, -0.1) is 11.3 Å². The third-order valence-electron chi connectivity index (χ3n) is 3.75. The molecule has 0 fully saturated rings. The number of benzene rings is 2. The molecule has 3 rings (SSSR count). The maximum Gasteiger partial charge on any atom is 0.341 e. The first-order chi connectivity index (χ1) is 12.4. The second kappa shape index (κ2) is 7.73. The molecule has 0 amide bonds. The Labute approximate surface area is 171 Å². The molecule has 0 aliphatic rings. The predicted molar refractivity (Wildman–Crippen MR) is 111 cm³/mol. The van der Waals surface area contributed by atoms with E-state index in [-0.39, 0.29) is 21.9 Å². The minimum absolute atomic E-state index is 0.111. The van der Waals surface area contributed by atoms with E-state index in [0.717, 1.165) is 14.5 Å². The third-order valence-corrected chi connectivity index (χ3v) is 5.84. The average Bonchev–Trinajstić information content (AvgIpc) is 2.98. The molecule has 0 bridgehead atoms. The first-order valence-corrected chi connectivity index (χ1v) is 9.89. The molecule has 0 saturated carbocycles. The molecule has 3 aromatic rings. The number of nitrogens with two attached hydrogens (primary N) is 1. The van der Waals surface area contributed by atoms with Crippen LogP contribution >= 0.6 is 43.2 Å². The fraction of sp³-hybridized carbons (Fsp3) is 0.0526. The number of halogens is 2. The second-order valence-electron chi connectivity index (χ2n) is 5.38. The van der Waals surface area contributed by atoms with E-state index < -0.39 is 5.97 Å². The van der Waals surface area contributed by atoms with Crippen LogP contribution in [0.15, 0.2) is 57.5 Å². The van der Waals surface area contributed by atoms with Crippen molar-refractivity contribution in [2.45, 2.75) is 0 Å².